The van der Waals surface area contributed by atoms with Gasteiger partial charge in [-0.25, -0.2) is 9.59 Å². The summed E-state index contributed by atoms with van der Waals surface area (Å²) in [5.41, 5.74) is 6.54. The van der Waals surface area contributed by atoms with Crippen molar-refractivity contribution in [3.63, 3.8) is 0 Å². The van der Waals surface area contributed by atoms with Crippen molar-refractivity contribution in [2.45, 2.75) is 79.1 Å². The zero-order valence-corrected chi connectivity index (χ0v) is 31.4. The molecule has 0 aliphatic heterocycles. The summed E-state index contributed by atoms with van der Waals surface area (Å²) in [7, 11) is 0. The summed E-state index contributed by atoms with van der Waals surface area (Å²) in [6.07, 6.45) is 7.47. The standard InChI is InChI=1S/C21H27NO2.C17H19NO2.C4H9Br/c1-3-4-16-22(20-14-12-18(2)13-15-20)21(23)24-17-8-11-19-9-6-5-7-10-19;1-14-9-11-16(12-10-14)18-17(19)20-13-5-8-15-6-3-2-4-7-15;1-2-3-4-5/h5-7,9-10,12-15H,3-4,8,11,16-17H2,1-2H3;2-4,6-7,9-12H,5,8,13H2,1H3,(H,18,19);2-4H2,1H3. The van der Waals surface area contributed by atoms with Crippen molar-refractivity contribution in [2.24, 2.45) is 0 Å². The minimum atomic E-state index is -0.401. The fourth-order valence-electron chi connectivity index (χ4n) is 4.54. The highest BCUT2D eigenvalue weighted by Gasteiger charge is 2.16. The number of hydrogen-bond donors (Lipinski definition) is 1. The number of alkyl halides is 1. The van der Waals surface area contributed by atoms with Crippen LogP contribution in [0.1, 0.15) is 74.6 Å². The molecule has 0 unspecified atom stereocenters. The van der Waals surface area contributed by atoms with Gasteiger partial charge < -0.3 is 9.47 Å². The molecule has 6 nitrogen and oxygen atoms in total. The van der Waals surface area contributed by atoms with Crippen LogP contribution in [-0.4, -0.2) is 37.3 Å². The molecule has 264 valence electrons. The van der Waals surface area contributed by atoms with Crippen LogP contribution in [-0.2, 0) is 22.3 Å². The SMILES string of the molecule is CCCCBr.CCCCN(C(=O)OCCCc1ccccc1)c1ccc(C)cc1.Cc1ccc(NC(=O)OCCCc2ccccc2)cc1. The normalized spacial score (nSPS) is 10.1. The van der Waals surface area contributed by atoms with Crippen LogP contribution < -0.4 is 10.2 Å². The number of hydrogen-bond acceptors (Lipinski definition) is 4. The van der Waals surface area contributed by atoms with Gasteiger partial charge in [0.05, 0.1) is 13.2 Å². The quantitative estimate of drug-likeness (QED) is 0.0976. The van der Waals surface area contributed by atoms with E-state index in [9.17, 15) is 9.59 Å². The van der Waals surface area contributed by atoms with Gasteiger partial charge in [-0.3, -0.25) is 10.2 Å². The van der Waals surface area contributed by atoms with Crippen LogP contribution in [0.4, 0.5) is 21.0 Å². The maximum atomic E-state index is 12.4. The molecule has 7 heteroatoms. The Kier molecular flexibility index (Phi) is 21.7. The number of carbonyl (C=O) groups is 2. The monoisotopic (exact) mass is 730 g/mol. The summed E-state index contributed by atoms with van der Waals surface area (Å²) in [6, 6.07) is 36.1. The molecule has 0 saturated carbocycles. The fraction of sp³-hybridized carbons (Fsp3) is 0.381. The lowest BCUT2D eigenvalue weighted by Crippen LogP contribution is -2.32. The molecule has 4 aromatic carbocycles. The van der Waals surface area contributed by atoms with Crippen LogP contribution in [0.15, 0.2) is 109 Å². The van der Waals surface area contributed by atoms with Crippen LogP contribution in [0.3, 0.4) is 0 Å². The summed E-state index contributed by atoms with van der Waals surface area (Å²) in [5.74, 6) is 0. The van der Waals surface area contributed by atoms with E-state index in [2.05, 4.69) is 59.4 Å². The van der Waals surface area contributed by atoms with Gasteiger partial charge >= 0.3 is 12.2 Å². The first-order valence-corrected chi connectivity index (χ1v) is 18.6. The van der Waals surface area contributed by atoms with Crippen molar-refractivity contribution >= 4 is 39.5 Å². The van der Waals surface area contributed by atoms with Crippen LogP contribution in [0.25, 0.3) is 0 Å². The lowest BCUT2D eigenvalue weighted by Gasteiger charge is -2.22. The van der Waals surface area contributed by atoms with E-state index in [4.69, 9.17) is 9.47 Å². The number of ether oxygens (including phenoxy) is 2. The topological polar surface area (TPSA) is 67.9 Å². The van der Waals surface area contributed by atoms with Crippen LogP contribution in [0.2, 0.25) is 0 Å². The Morgan fingerprint density at radius 3 is 1.59 bits per heavy atom. The van der Waals surface area contributed by atoms with E-state index in [1.807, 2.05) is 98.8 Å². The molecule has 4 rings (SSSR count). The predicted molar refractivity (Wildman–Crippen MR) is 209 cm³/mol. The van der Waals surface area contributed by atoms with Crippen molar-refractivity contribution in [1.82, 2.24) is 0 Å². The number of aryl methyl sites for hydroxylation is 4. The number of nitrogens with zero attached hydrogens (tertiary/aromatic N) is 1. The zero-order valence-electron chi connectivity index (χ0n) is 29.8. The average molecular weight is 732 g/mol. The number of halogens is 1. The summed E-state index contributed by atoms with van der Waals surface area (Å²) in [5, 5.41) is 3.86. The second-order valence-electron chi connectivity index (χ2n) is 11.8. The highest BCUT2D eigenvalue weighted by Crippen LogP contribution is 2.17. The first kappa shape index (κ1) is 41.1. The third-order valence-electron chi connectivity index (χ3n) is 7.45. The minimum absolute atomic E-state index is 0.250. The number of amides is 2. The van der Waals surface area contributed by atoms with Gasteiger partial charge in [0.25, 0.3) is 0 Å². The molecule has 0 spiro atoms. The second kappa shape index (κ2) is 25.9. The van der Waals surface area contributed by atoms with Gasteiger partial charge in [-0.05, 0) is 87.8 Å². The van der Waals surface area contributed by atoms with Gasteiger partial charge in [0.2, 0.25) is 0 Å². The molecular formula is C42H55BrN2O4. The highest BCUT2D eigenvalue weighted by molar-refractivity contribution is 9.09. The largest absolute Gasteiger partial charge is 0.449 e. The second-order valence-corrected chi connectivity index (χ2v) is 12.6. The van der Waals surface area contributed by atoms with E-state index in [1.165, 1.54) is 29.5 Å². The fourth-order valence-corrected chi connectivity index (χ4v) is 5.10. The first-order valence-electron chi connectivity index (χ1n) is 17.5. The number of unbranched alkanes of at least 4 members (excludes halogenated alkanes) is 2. The van der Waals surface area contributed by atoms with E-state index in [1.54, 1.807) is 4.90 Å². The lowest BCUT2D eigenvalue weighted by atomic mass is 10.1. The summed E-state index contributed by atoms with van der Waals surface area (Å²) >= 11 is 3.31. The number of anilines is 2. The highest BCUT2D eigenvalue weighted by atomic mass is 79.9. The predicted octanol–water partition coefficient (Wildman–Crippen LogP) is 11.7. The Bertz CT molecular complexity index is 1410. The number of rotatable bonds is 15. The molecule has 0 heterocycles. The number of carbonyl (C=O) groups excluding carboxylic acids is 2. The maximum Gasteiger partial charge on any atom is 0.414 e. The summed E-state index contributed by atoms with van der Waals surface area (Å²) in [6.45, 7) is 9.92. The molecule has 49 heavy (non-hydrogen) atoms. The Morgan fingerprint density at radius 2 is 1.12 bits per heavy atom. The molecule has 0 aromatic heterocycles. The average Bonchev–Trinajstić information content (AvgIpc) is 3.12. The molecule has 0 saturated heterocycles. The Balaban J connectivity index is 0.000000303. The molecule has 0 atom stereocenters. The molecular weight excluding hydrogens is 676 g/mol. The summed E-state index contributed by atoms with van der Waals surface area (Å²) in [4.78, 5) is 25.8. The van der Waals surface area contributed by atoms with E-state index in [0.717, 1.165) is 60.8 Å². The van der Waals surface area contributed by atoms with Crippen LogP contribution in [0, 0.1) is 13.8 Å². The third-order valence-corrected chi connectivity index (χ3v) is 8.01. The van der Waals surface area contributed by atoms with Crippen molar-refractivity contribution < 1.29 is 19.1 Å². The Hall–Kier alpha value is -4.10. The van der Waals surface area contributed by atoms with Crippen LogP contribution >= 0.6 is 15.9 Å². The van der Waals surface area contributed by atoms with E-state index >= 15 is 0 Å². The molecule has 4 aromatic rings. The van der Waals surface area contributed by atoms with E-state index in [-0.39, 0.29) is 6.09 Å². The van der Waals surface area contributed by atoms with Gasteiger partial charge in [0, 0.05) is 23.2 Å². The molecule has 0 fully saturated rings. The van der Waals surface area contributed by atoms with E-state index < -0.39 is 6.09 Å². The van der Waals surface area contributed by atoms with Gasteiger partial charge in [0.1, 0.15) is 0 Å². The van der Waals surface area contributed by atoms with Crippen LogP contribution in [0.5, 0.6) is 0 Å². The maximum absolute atomic E-state index is 12.4. The van der Waals surface area contributed by atoms with Crippen molar-refractivity contribution in [2.75, 3.05) is 35.3 Å². The Morgan fingerprint density at radius 1 is 0.633 bits per heavy atom. The van der Waals surface area contributed by atoms with Gasteiger partial charge in [-0.15, -0.1) is 0 Å². The Labute approximate surface area is 303 Å². The van der Waals surface area contributed by atoms with Crippen molar-refractivity contribution in [1.29, 1.82) is 0 Å². The zero-order chi connectivity index (χ0) is 35.5. The van der Waals surface area contributed by atoms with Crippen molar-refractivity contribution in [3.8, 4) is 0 Å². The van der Waals surface area contributed by atoms with E-state index in [0.29, 0.717) is 19.8 Å². The summed E-state index contributed by atoms with van der Waals surface area (Å²) < 4.78 is 10.6. The molecule has 0 aliphatic carbocycles. The molecule has 0 radical (unpaired) electrons. The van der Waals surface area contributed by atoms with Gasteiger partial charge in [-0.2, -0.15) is 0 Å². The van der Waals surface area contributed by atoms with Gasteiger partial charge in [-0.1, -0.05) is 139 Å². The molecule has 2 amide bonds. The third kappa shape index (κ3) is 18.9. The van der Waals surface area contributed by atoms with Crippen molar-refractivity contribution in [3.05, 3.63) is 131 Å². The number of benzene rings is 4. The number of nitrogens with one attached hydrogen (secondary N) is 1. The first-order chi connectivity index (χ1) is 23.9. The smallest absolute Gasteiger partial charge is 0.414 e. The lowest BCUT2D eigenvalue weighted by molar-refractivity contribution is 0.152. The molecule has 0 aliphatic rings. The van der Waals surface area contributed by atoms with Gasteiger partial charge in [0.15, 0.2) is 0 Å². The minimum Gasteiger partial charge on any atom is -0.449 e. The molecule has 1 N–H and O–H groups in total. The molecule has 0 bridgehead atoms.